The van der Waals surface area contributed by atoms with E-state index in [2.05, 4.69) is 10.4 Å². The molecule has 1 aromatic carbocycles. The number of aromatic nitrogens is 2. The molecular formula is C19H18F5N5O3. The number of fused-ring (bicyclic) bond motifs is 3. The summed E-state index contributed by atoms with van der Waals surface area (Å²) in [5, 5.41) is 7.60. The van der Waals surface area contributed by atoms with E-state index in [4.69, 9.17) is 4.84 Å². The zero-order valence-corrected chi connectivity index (χ0v) is 16.7. The van der Waals surface area contributed by atoms with Crippen LogP contribution < -0.4 is 5.32 Å². The Morgan fingerprint density at radius 3 is 2.78 bits per heavy atom. The lowest BCUT2D eigenvalue weighted by Crippen LogP contribution is -2.39. The van der Waals surface area contributed by atoms with Gasteiger partial charge in [-0.1, -0.05) is 0 Å². The number of nitrogens with zero attached hydrogens (tertiary/aromatic N) is 4. The van der Waals surface area contributed by atoms with Crippen LogP contribution in [0.25, 0.3) is 0 Å². The SMILES string of the molecule is CN1OC(CF)Cn2nc3c(c2C1=O)CN(C(=O)Nc1ccc(F)c(C(F)(F)F)c1)CC3. The Hall–Kier alpha value is -3.22. The standard InChI is InChI=1S/C19H18F5N5O3/c1-27-17(30)16-12-9-28(5-4-15(12)26-29(16)8-11(7-20)32-27)18(31)25-10-2-3-14(21)13(6-10)19(22,23)24/h2-3,6,11H,4-5,7-9H2,1H3,(H,25,31). The lowest BCUT2D eigenvalue weighted by molar-refractivity contribution is -0.152. The molecule has 1 atom stereocenters. The zero-order valence-electron chi connectivity index (χ0n) is 16.7. The molecular weight excluding hydrogens is 441 g/mol. The number of hydroxylamine groups is 2. The van der Waals surface area contributed by atoms with Gasteiger partial charge in [0.25, 0.3) is 5.91 Å². The predicted molar refractivity (Wildman–Crippen MR) is 99.7 cm³/mol. The third kappa shape index (κ3) is 3.99. The lowest BCUT2D eigenvalue weighted by Gasteiger charge is -2.27. The highest BCUT2D eigenvalue weighted by atomic mass is 19.4. The van der Waals surface area contributed by atoms with Crippen LogP contribution in [0.5, 0.6) is 0 Å². The maximum absolute atomic E-state index is 13.5. The molecule has 2 aliphatic rings. The first kappa shape index (κ1) is 22.0. The van der Waals surface area contributed by atoms with Crippen molar-refractivity contribution in [3.05, 3.63) is 46.5 Å². The van der Waals surface area contributed by atoms with E-state index >= 15 is 0 Å². The highest BCUT2D eigenvalue weighted by molar-refractivity contribution is 5.94. The van der Waals surface area contributed by atoms with Gasteiger partial charge in [0.2, 0.25) is 0 Å². The second-order valence-corrected chi connectivity index (χ2v) is 7.43. The highest BCUT2D eigenvalue weighted by Gasteiger charge is 2.36. The number of benzene rings is 1. The molecule has 4 rings (SSSR count). The van der Waals surface area contributed by atoms with Crippen LogP contribution in [-0.4, -0.2) is 58.1 Å². The number of hydrogen-bond acceptors (Lipinski definition) is 4. The van der Waals surface area contributed by atoms with Gasteiger partial charge in [-0.2, -0.15) is 18.3 Å². The van der Waals surface area contributed by atoms with Gasteiger partial charge in [0, 0.05) is 31.3 Å². The molecule has 0 spiro atoms. The van der Waals surface area contributed by atoms with E-state index in [0.29, 0.717) is 23.4 Å². The molecule has 32 heavy (non-hydrogen) atoms. The minimum absolute atomic E-state index is 0.0108. The molecule has 3 amide bonds. The molecule has 0 saturated heterocycles. The average Bonchev–Trinajstić information content (AvgIpc) is 3.04. The first-order chi connectivity index (χ1) is 15.1. The normalized spacial score (nSPS) is 18.8. The summed E-state index contributed by atoms with van der Waals surface area (Å²) in [5.41, 5.74) is -0.516. The average molecular weight is 459 g/mol. The third-order valence-corrected chi connectivity index (χ3v) is 5.26. The maximum Gasteiger partial charge on any atom is 0.419 e. The Balaban J connectivity index is 1.56. The molecule has 1 unspecified atom stereocenters. The van der Waals surface area contributed by atoms with Crippen LogP contribution in [0.4, 0.5) is 32.4 Å². The molecule has 2 aliphatic heterocycles. The van der Waals surface area contributed by atoms with Gasteiger partial charge in [0.1, 0.15) is 24.3 Å². The molecule has 3 heterocycles. The molecule has 13 heteroatoms. The van der Waals surface area contributed by atoms with E-state index in [1.807, 2.05) is 0 Å². The Kier molecular flexibility index (Phi) is 5.53. The van der Waals surface area contributed by atoms with E-state index < -0.39 is 42.3 Å². The topological polar surface area (TPSA) is 79.7 Å². The summed E-state index contributed by atoms with van der Waals surface area (Å²) in [7, 11) is 1.35. The molecule has 1 N–H and O–H groups in total. The monoisotopic (exact) mass is 459 g/mol. The summed E-state index contributed by atoms with van der Waals surface area (Å²) in [5.74, 6) is -2.00. The largest absolute Gasteiger partial charge is 0.419 e. The maximum atomic E-state index is 13.5. The van der Waals surface area contributed by atoms with Gasteiger partial charge in [-0.15, -0.1) is 0 Å². The van der Waals surface area contributed by atoms with Crippen LogP contribution in [0, 0.1) is 5.82 Å². The quantitative estimate of drug-likeness (QED) is 0.701. The third-order valence-electron chi connectivity index (χ3n) is 5.26. The molecule has 172 valence electrons. The zero-order chi connectivity index (χ0) is 23.2. The van der Waals surface area contributed by atoms with Crippen LogP contribution in [-0.2, 0) is 30.5 Å². The number of amides is 3. The van der Waals surface area contributed by atoms with Crippen molar-refractivity contribution in [1.29, 1.82) is 0 Å². The molecule has 1 aromatic heterocycles. The number of rotatable bonds is 2. The predicted octanol–water partition coefficient (Wildman–Crippen LogP) is 2.99. The number of anilines is 1. The van der Waals surface area contributed by atoms with Crippen LogP contribution in [0.3, 0.4) is 0 Å². The summed E-state index contributed by atoms with van der Waals surface area (Å²) < 4.78 is 66.8. The number of carbonyl (C=O) groups excluding carboxylic acids is 2. The summed E-state index contributed by atoms with van der Waals surface area (Å²) in [4.78, 5) is 31.9. The molecule has 0 fully saturated rings. The molecule has 0 bridgehead atoms. The summed E-state index contributed by atoms with van der Waals surface area (Å²) >= 11 is 0. The van der Waals surface area contributed by atoms with Crippen molar-refractivity contribution in [2.75, 3.05) is 25.6 Å². The van der Waals surface area contributed by atoms with Gasteiger partial charge in [-0.25, -0.2) is 18.6 Å². The van der Waals surface area contributed by atoms with Gasteiger partial charge in [-0.05, 0) is 18.2 Å². The Morgan fingerprint density at radius 2 is 2.09 bits per heavy atom. The molecule has 0 radical (unpaired) electrons. The molecule has 2 aromatic rings. The van der Waals surface area contributed by atoms with Crippen molar-refractivity contribution in [3.63, 3.8) is 0 Å². The molecule has 8 nitrogen and oxygen atoms in total. The number of carbonyl (C=O) groups is 2. The number of alkyl halides is 4. The van der Waals surface area contributed by atoms with E-state index in [-0.39, 0.29) is 37.4 Å². The van der Waals surface area contributed by atoms with Crippen molar-refractivity contribution in [2.24, 2.45) is 0 Å². The highest BCUT2D eigenvalue weighted by Crippen LogP contribution is 2.33. The van der Waals surface area contributed by atoms with Crippen LogP contribution in [0.2, 0.25) is 0 Å². The first-order valence-corrected chi connectivity index (χ1v) is 9.60. The Labute approximate surface area is 178 Å². The number of urea groups is 1. The lowest BCUT2D eigenvalue weighted by atomic mass is 10.1. The minimum Gasteiger partial charge on any atom is -0.320 e. The summed E-state index contributed by atoms with van der Waals surface area (Å²) in [6.45, 7) is -0.663. The van der Waals surface area contributed by atoms with Crippen LogP contribution >= 0.6 is 0 Å². The second kappa shape index (κ2) is 8.04. The van der Waals surface area contributed by atoms with E-state index in [9.17, 15) is 31.5 Å². The fourth-order valence-electron chi connectivity index (χ4n) is 3.72. The van der Waals surface area contributed by atoms with Gasteiger partial charge in [-0.3, -0.25) is 14.3 Å². The van der Waals surface area contributed by atoms with Crippen molar-refractivity contribution in [2.45, 2.75) is 31.8 Å². The number of nitrogens with one attached hydrogen (secondary N) is 1. The van der Waals surface area contributed by atoms with E-state index in [0.717, 1.165) is 11.1 Å². The van der Waals surface area contributed by atoms with Crippen molar-refractivity contribution < 1.29 is 36.4 Å². The number of halogens is 5. The van der Waals surface area contributed by atoms with E-state index in [1.165, 1.54) is 16.6 Å². The number of hydrogen-bond donors (Lipinski definition) is 1. The van der Waals surface area contributed by atoms with Gasteiger partial charge >= 0.3 is 12.2 Å². The fourth-order valence-corrected chi connectivity index (χ4v) is 3.72. The summed E-state index contributed by atoms with van der Waals surface area (Å²) in [6.07, 6.45) is -5.52. The van der Waals surface area contributed by atoms with Crippen molar-refractivity contribution in [1.82, 2.24) is 19.7 Å². The van der Waals surface area contributed by atoms with Gasteiger partial charge < -0.3 is 10.2 Å². The Bertz CT molecular complexity index is 1070. The molecule has 0 saturated carbocycles. The van der Waals surface area contributed by atoms with Crippen LogP contribution in [0.1, 0.15) is 27.3 Å². The molecule has 0 aliphatic carbocycles. The summed E-state index contributed by atoms with van der Waals surface area (Å²) in [6, 6.07) is 1.45. The fraction of sp³-hybridized carbons (Fsp3) is 0.421. The van der Waals surface area contributed by atoms with Gasteiger partial charge in [0.15, 0.2) is 0 Å². The second-order valence-electron chi connectivity index (χ2n) is 7.43. The van der Waals surface area contributed by atoms with E-state index in [1.54, 1.807) is 0 Å². The smallest absolute Gasteiger partial charge is 0.320 e. The van der Waals surface area contributed by atoms with Crippen molar-refractivity contribution >= 4 is 17.6 Å². The van der Waals surface area contributed by atoms with Crippen LogP contribution in [0.15, 0.2) is 18.2 Å². The van der Waals surface area contributed by atoms with Crippen molar-refractivity contribution in [3.8, 4) is 0 Å². The Morgan fingerprint density at radius 1 is 1.34 bits per heavy atom. The first-order valence-electron chi connectivity index (χ1n) is 9.60. The van der Waals surface area contributed by atoms with Gasteiger partial charge in [0.05, 0.1) is 24.3 Å². The minimum atomic E-state index is -4.91.